The summed E-state index contributed by atoms with van der Waals surface area (Å²) in [6.45, 7) is 2.38. The van der Waals surface area contributed by atoms with E-state index in [1.807, 2.05) is 6.92 Å². The van der Waals surface area contributed by atoms with Crippen LogP contribution in [0.25, 0.3) is 5.65 Å². The molecule has 2 heterocycles. The summed E-state index contributed by atoms with van der Waals surface area (Å²) in [4.78, 5) is 11.8. The first-order chi connectivity index (χ1) is 8.70. The Kier molecular flexibility index (Phi) is 3.88. The SMILES string of the molecule is CCC(O)CCNC(=O)c1ccc2nncn2c1. The second-order valence-corrected chi connectivity index (χ2v) is 4.12. The number of carbonyl (C=O) groups excluding carboxylic acids is 1. The molecule has 0 saturated carbocycles. The highest BCUT2D eigenvalue weighted by Crippen LogP contribution is 2.03. The number of carbonyl (C=O) groups is 1. The third-order valence-electron chi connectivity index (χ3n) is 2.79. The first kappa shape index (κ1) is 12.5. The molecular weight excluding hydrogens is 232 g/mol. The zero-order chi connectivity index (χ0) is 13.0. The van der Waals surface area contributed by atoms with E-state index in [-0.39, 0.29) is 12.0 Å². The number of hydrogen-bond acceptors (Lipinski definition) is 4. The Morgan fingerprint density at radius 1 is 1.56 bits per heavy atom. The highest BCUT2D eigenvalue weighted by Gasteiger charge is 2.07. The Labute approximate surface area is 105 Å². The molecule has 0 aliphatic carbocycles. The van der Waals surface area contributed by atoms with Crippen molar-refractivity contribution in [3.63, 3.8) is 0 Å². The van der Waals surface area contributed by atoms with Gasteiger partial charge in [0.25, 0.3) is 5.91 Å². The number of amides is 1. The topological polar surface area (TPSA) is 79.5 Å². The second-order valence-electron chi connectivity index (χ2n) is 4.12. The van der Waals surface area contributed by atoms with Crippen molar-refractivity contribution in [3.05, 3.63) is 30.2 Å². The molecule has 0 fully saturated rings. The molecule has 0 aliphatic rings. The third kappa shape index (κ3) is 2.84. The monoisotopic (exact) mass is 248 g/mol. The van der Waals surface area contributed by atoms with Crippen molar-refractivity contribution >= 4 is 11.6 Å². The zero-order valence-corrected chi connectivity index (χ0v) is 10.2. The van der Waals surface area contributed by atoms with E-state index in [9.17, 15) is 9.90 Å². The van der Waals surface area contributed by atoms with Gasteiger partial charge in [-0.15, -0.1) is 10.2 Å². The fourth-order valence-corrected chi connectivity index (χ4v) is 1.62. The molecule has 0 bridgehead atoms. The molecule has 2 aromatic rings. The maximum absolute atomic E-state index is 11.8. The van der Waals surface area contributed by atoms with E-state index in [1.165, 1.54) is 0 Å². The molecule has 0 saturated heterocycles. The fourth-order valence-electron chi connectivity index (χ4n) is 1.62. The smallest absolute Gasteiger partial charge is 0.252 e. The minimum Gasteiger partial charge on any atom is -0.393 e. The zero-order valence-electron chi connectivity index (χ0n) is 10.2. The van der Waals surface area contributed by atoms with E-state index < -0.39 is 0 Å². The molecule has 0 aromatic carbocycles. The molecule has 2 aromatic heterocycles. The molecule has 0 aliphatic heterocycles. The van der Waals surface area contributed by atoms with Crippen molar-refractivity contribution < 1.29 is 9.90 Å². The van der Waals surface area contributed by atoms with Gasteiger partial charge in [-0.2, -0.15) is 0 Å². The van der Waals surface area contributed by atoms with E-state index in [0.717, 1.165) is 0 Å². The van der Waals surface area contributed by atoms with Crippen molar-refractivity contribution in [1.82, 2.24) is 19.9 Å². The summed E-state index contributed by atoms with van der Waals surface area (Å²) in [7, 11) is 0. The minimum absolute atomic E-state index is 0.158. The Hall–Kier alpha value is -1.95. The van der Waals surface area contributed by atoms with Gasteiger partial charge in [0.15, 0.2) is 5.65 Å². The largest absolute Gasteiger partial charge is 0.393 e. The van der Waals surface area contributed by atoms with Crippen LogP contribution >= 0.6 is 0 Å². The Morgan fingerprint density at radius 2 is 2.39 bits per heavy atom. The average Bonchev–Trinajstić information content (AvgIpc) is 2.85. The van der Waals surface area contributed by atoms with Crippen molar-refractivity contribution in [2.75, 3.05) is 6.54 Å². The number of aliphatic hydroxyl groups excluding tert-OH is 1. The van der Waals surface area contributed by atoms with Gasteiger partial charge < -0.3 is 10.4 Å². The third-order valence-corrected chi connectivity index (χ3v) is 2.79. The van der Waals surface area contributed by atoms with Crippen molar-refractivity contribution in [1.29, 1.82) is 0 Å². The van der Waals surface area contributed by atoms with Crippen LogP contribution in [0.4, 0.5) is 0 Å². The van der Waals surface area contributed by atoms with Crippen LogP contribution in [0.1, 0.15) is 30.1 Å². The number of rotatable bonds is 5. The molecule has 96 valence electrons. The van der Waals surface area contributed by atoms with Crippen LogP contribution in [0.3, 0.4) is 0 Å². The Balaban J connectivity index is 1.95. The highest BCUT2D eigenvalue weighted by molar-refractivity contribution is 5.94. The molecule has 1 amide bonds. The van der Waals surface area contributed by atoms with Gasteiger partial charge in [0.2, 0.25) is 0 Å². The van der Waals surface area contributed by atoms with Gasteiger partial charge in [0.1, 0.15) is 6.33 Å². The van der Waals surface area contributed by atoms with Gasteiger partial charge in [-0.25, -0.2) is 0 Å². The van der Waals surface area contributed by atoms with Gasteiger partial charge in [-0.05, 0) is 25.0 Å². The predicted octanol–water partition coefficient (Wildman–Crippen LogP) is 0.620. The standard InChI is InChI=1S/C12H16N4O2/c1-2-10(17)5-6-13-12(18)9-3-4-11-15-14-8-16(11)7-9/h3-4,7-8,10,17H,2,5-6H2,1H3,(H,13,18). The van der Waals surface area contributed by atoms with Gasteiger partial charge in [0, 0.05) is 12.7 Å². The lowest BCUT2D eigenvalue weighted by Crippen LogP contribution is -2.27. The molecule has 18 heavy (non-hydrogen) atoms. The molecule has 0 radical (unpaired) electrons. The minimum atomic E-state index is -0.356. The molecule has 1 unspecified atom stereocenters. The highest BCUT2D eigenvalue weighted by atomic mass is 16.3. The van der Waals surface area contributed by atoms with Crippen LogP contribution in [0.5, 0.6) is 0 Å². The van der Waals surface area contributed by atoms with Gasteiger partial charge in [-0.3, -0.25) is 9.20 Å². The number of nitrogens with zero attached hydrogens (tertiary/aromatic N) is 3. The van der Waals surface area contributed by atoms with Crippen molar-refractivity contribution in [2.45, 2.75) is 25.9 Å². The molecule has 2 N–H and O–H groups in total. The Morgan fingerprint density at radius 3 is 3.17 bits per heavy atom. The van der Waals surface area contributed by atoms with Crippen molar-refractivity contribution in [2.24, 2.45) is 0 Å². The normalized spacial score (nSPS) is 12.6. The molecule has 0 spiro atoms. The Bertz CT molecular complexity index is 538. The fraction of sp³-hybridized carbons (Fsp3) is 0.417. The molecule has 6 nitrogen and oxygen atoms in total. The van der Waals surface area contributed by atoms with Crippen LogP contribution in [0, 0.1) is 0 Å². The van der Waals surface area contributed by atoms with E-state index in [4.69, 9.17) is 0 Å². The van der Waals surface area contributed by atoms with Crippen molar-refractivity contribution in [3.8, 4) is 0 Å². The molecule has 1 atom stereocenters. The second kappa shape index (κ2) is 5.59. The quantitative estimate of drug-likeness (QED) is 0.813. The van der Waals surface area contributed by atoms with Gasteiger partial charge in [0.05, 0.1) is 11.7 Å². The lowest BCUT2D eigenvalue weighted by molar-refractivity contribution is 0.0941. The summed E-state index contributed by atoms with van der Waals surface area (Å²) >= 11 is 0. The summed E-state index contributed by atoms with van der Waals surface area (Å²) in [5.41, 5.74) is 1.25. The summed E-state index contributed by atoms with van der Waals surface area (Å²) < 4.78 is 1.69. The van der Waals surface area contributed by atoms with E-state index in [2.05, 4.69) is 15.5 Å². The van der Waals surface area contributed by atoms with Crippen LogP contribution in [0.15, 0.2) is 24.7 Å². The molecule has 2 rings (SSSR count). The number of hydrogen-bond donors (Lipinski definition) is 2. The maximum Gasteiger partial charge on any atom is 0.252 e. The average molecular weight is 248 g/mol. The van der Waals surface area contributed by atoms with E-state index in [1.54, 1.807) is 29.1 Å². The first-order valence-electron chi connectivity index (χ1n) is 5.96. The summed E-state index contributed by atoms with van der Waals surface area (Å²) in [6, 6.07) is 3.44. The number of pyridine rings is 1. The van der Waals surface area contributed by atoms with E-state index >= 15 is 0 Å². The van der Waals surface area contributed by atoms with Crippen LogP contribution < -0.4 is 5.32 Å². The molecular formula is C12H16N4O2. The van der Waals surface area contributed by atoms with E-state index in [0.29, 0.717) is 30.6 Å². The van der Waals surface area contributed by atoms with Crippen LogP contribution in [-0.4, -0.2) is 38.3 Å². The number of aliphatic hydroxyl groups is 1. The van der Waals surface area contributed by atoms with Gasteiger partial charge in [-0.1, -0.05) is 6.92 Å². The summed E-state index contributed by atoms with van der Waals surface area (Å²) in [6.07, 6.45) is 4.14. The summed E-state index contributed by atoms with van der Waals surface area (Å²) in [5, 5.41) is 19.8. The lowest BCUT2D eigenvalue weighted by Gasteiger charge is -2.08. The number of fused-ring (bicyclic) bond motifs is 1. The number of aromatic nitrogens is 3. The lowest BCUT2D eigenvalue weighted by atomic mass is 10.2. The predicted molar refractivity (Wildman–Crippen MR) is 66.2 cm³/mol. The van der Waals surface area contributed by atoms with Gasteiger partial charge >= 0.3 is 0 Å². The van der Waals surface area contributed by atoms with Crippen LogP contribution in [-0.2, 0) is 0 Å². The summed E-state index contributed by atoms with van der Waals surface area (Å²) in [5.74, 6) is -0.158. The maximum atomic E-state index is 11.8. The molecule has 6 heteroatoms. The van der Waals surface area contributed by atoms with Crippen LogP contribution in [0.2, 0.25) is 0 Å². The first-order valence-corrected chi connectivity index (χ1v) is 5.96. The number of nitrogens with one attached hydrogen (secondary N) is 1.